The fraction of sp³-hybridized carbons (Fsp3) is 0.500. The second kappa shape index (κ2) is 5.31. The quantitative estimate of drug-likeness (QED) is 0.558. The van der Waals surface area contributed by atoms with Crippen molar-refractivity contribution in [1.29, 1.82) is 0 Å². The minimum Gasteiger partial charge on any atom is -0.784 e. The molecule has 20 heavy (non-hydrogen) atoms. The van der Waals surface area contributed by atoms with Gasteiger partial charge in [0.2, 0.25) is 5.95 Å². The smallest absolute Gasteiger partial charge is 0.280 e. The first kappa shape index (κ1) is 14.6. The zero-order valence-electron chi connectivity index (χ0n) is 10.6. The summed E-state index contributed by atoms with van der Waals surface area (Å²) in [5, 5.41) is 3.28. The number of nitrogens with zero attached hydrogens (tertiary/aromatic N) is 2. The maximum absolute atomic E-state index is 11.7. The van der Waals surface area contributed by atoms with Crippen molar-refractivity contribution in [2.75, 3.05) is 11.1 Å². The Morgan fingerprint density at radius 2 is 2.10 bits per heavy atom. The lowest BCUT2D eigenvalue weighted by atomic mass is 9.97. The van der Waals surface area contributed by atoms with Gasteiger partial charge < -0.3 is 20.2 Å². The van der Waals surface area contributed by atoms with Gasteiger partial charge in [0, 0.05) is 5.71 Å². The van der Waals surface area contributed by atoms with Crippen LogP contribution in [-0.2, 0) is 11.4 Å². The van der Waals surface area contributed by atoms with Crippen LogP contribution in [0.2, 0.25) is 0 Å². The van der Waals surface area contributed by atoms with Crippen LogP contribution in [0.4, 0.5) is 17.5 Å². The first-order valence-electron chi connectivity index (χ1n) is 5.84. The van der Waals surface area contributed by atoms with Gasteiger partial charge in [-0.2, -0.15) is 4.98 Å². The van der Waals surface area contributed by atoms with Gasteiger partial charge in [0.25, 0.3) is 5.56 Å². The van der Waals surface area contributed by atoms with Crippen molar-refractivity contribution in [2.45, 2.75) is 31.7 Å². The SMILES string of the molecule is CC12CCCC1=Nc1c(nc(N)[nH]c1=O)N2.O=S([O-])[O-]. The number of aliphatic imine (C=N–C) groups is 1. The van der Waals surface area contributed by atoms with Crippen molar-refractivity contribution in [2.24, 2.45) is 4.99 Å². The van der Waals surface area contributed by atoms with Crippen LogP contribution >= 0.6 is 0 Å². The number of aromatic nitrogens is 2. The minimum absolute atomic E-state index is 0.122. The van der Waals surface area contributed by atoms with E-state index in [9.17, 15) is 4.79 Å². The molecule has 3 rings (SSSR count). The van der Waals surface area contributed by atoms with Crippen LogP contribution in [0.5, 0.6) is 0 Å². The Morgan fingerprint density at radius 1 is 1.45 bits per heavy atom. The van der Waals surface area contributed by atoms with Crippen LogP contribution in [0.1, 0.15) is 26.2 Å². The summed E-state index contributed by atoms with van der Waals surface area (Å²) in [6.45, 7) is 2.08. The molecule has 1 aliphatic carbocycles. The van der Waals surface area contributed by atoms with E-state index in [1.54, 1.807) is 0 Å². The summed E-state index contributed by atoms with van der Waals surface area (Å²) in [5.41, 5.74) is 6.46. The lowest BCUT2D eigenvalue weighted by molar-refractivity contribution is 0.419. The predicted molar refractivity (Wildman–Crippen MR) is 71.9 cm³/mol. The molecule has 110 valence electrons. The summed E-state index contributed by atoms with van der Waals surface area (Å²) < 4.78 is 25.3. The molecule has 1 aromatic rings. The molecule has 1 unspecified atom stereocenters. The Labute approximate surface area is 116 Å². The first-order chi connectivity index (χ1) is 9.32. The molecule has 1 atom stereocenters. The number of hydrogen-bond acceptors (Lipinski definition) is 8. The summed E-state index contributed by atoms with van der Waals surface area (Å²) in [4.78, 5) is 22.6. The highest BCUT2D eigenvalue weighted by Crippen LogP contribution is 2.37. The molecule has 0 saturated heterocycles. The Balaban J connectivity index is 0.000000328. The van der Waals surface area contributed by atoms with Gasteiger partial charge in [-0.3, -0.25) is 14.0 Å². The van der Waals surface area contributed by atoms with Crippen molar-refractivity contribution in [3.05, 3.63) is 10.4 Å². The highest BCUT2D eigenvalue weighted by molar-refractivity contribution is 7.72. The van der Waals surface area contributed by atoms with E-state index in [0.29, 0.717) is 11.5 Å². The number of fused-ring (bicyclic) bond motifs is 2. The summed E-state index contributed by atoms with van der Waals surface area (Å²) in [7, 11) is 0. The lowest BCUT2D eigenvalue weighted by Gasteiger charge is -2.31. The number of rotatable bonds is 0. The fourth-order valence-electron chi connectivity index (χ4n) is 2.42. The van der Waals surface area contributed by atoms with E-state index in [4.69, 9.17) is 19.0 Å². The van der Waals surface area contributed by atoms with E-state index < -0.39 is 11.4 Å². The monoisotopic (exact) mass is 299 g/mol. The molecule has 0 spiro atoms. The summed E-state index contributed by atoms with van der Waals surface area (Å²) in [5.74, 6) is 0.617. The molecule has 4 N–H and O–H groups in total. The zero-order valence-corrected chi connectivity index (χ0v) is 11.5. The van der Waals surface area contributed by atoms with Crippen LogP contribution in [0.25, 0.3) is 0 Å². The molecule has 0 radical (unpaired) electrons. The van der Waals surface area contributed by atoms with Crippen LogP contribution in [0, 0.1) is 0 Å². The maximum Gasteiger partial charge on any atom is 0.280 e. The maximum atomic E-state index is 11.7. The predicted octanol–water partition coefficient (Wildman–Crippen LogP) is -0.211. The number of aromatic amines is 1. The Morgan fingerprint density at radius 3 is 2.75 bits per heavy atom. The van der Waals surface area contributed by atoms with E-state index in [-0.39, 0.29) is 17.0 Å². The third kappa shape index (κ3) is 2.86. The van der Waals surface area contributed by atoms with Gasteiger partial charge in [0.1, 0.15) is 0 Å². The highest BCUT2D eigenvalue weighted by Gasteiger charge is 2.39. The molecule has 1 aliphatic heterocycles. The number of nitrogens with two attached hydrogens (primary N) is 1. The van der Waals surface area contributed by atoms with Crippen LogP contribution in [0.3, 0.4) is 0 Å². The average Bonchev–Trinajstić information content (AvgIpc) is 2.65. The third-order valence-electron chi connectivity index (χ3n) is 3.28. The van der Waals surface area contributed by atoms with Gasteiger partial charge in [0.05, 0.1) is 5.54 Å². The van der Waals surface area contributed by atoms with Crippen LogP contribution in [-0.4, -0.2) is 34.5 Å². The Kier molecular flexibility index (Phi) is 3.88. The van der Waals surface area contributed by atoms with E-state index in [0.717, 1.165) is 25.0 Å². The molecule has 10 heteroatoms. The standard InChI is InChI=1S/C10H13N5O.H2O3S/c1-10-4-2-3-5(10)12-6-7(15-10)13-9(11)14-8(6)16;1-4(2)3/h2-4H2,1H3,(H4,11,13,14,15,16);(H2,1,2,3)/p-2. The molecular formula is C10H13N5O4S-2. The van der Waals surface area contributed by atoms with E-state index >= 15 is 0 Å². The van der Waals surface area contributed by atoms with E-state index in [1.807, 2.05) is 0 Å². The summed E-state index contributed by atoms with van der Waals surface area (Å²) >= 11 is -3.11. The van der Waals surface area contributed by atoms with Gasteiger partial charge in [-0.15, -0.1) is 11.4 Å². The van der Waals surface area contributed by atoms with Crippen molar-refractivity contribution in [3.8, 4) is 0 Å². The number of H-pyrrole nitrogens is 1. The molecule has 1 aromatic heterocycles. The number of anilines is 2. The van der Waals surface area contributed by atoms with Crippen LogP contribution in [0.15, 0.2) is 9.79 Å². The Hall–Kier alpha value is -1.78. The van der Waals surface area contributed by atoms with Gasteiger partial charge in [-0.05, 0) is 26.2 Å². The van der Waals surface area contributed by atoms with Crippen molar-refractivity contribution >= 4 is 34.5 Å². The van der Waals surface area contributed by atoms with Gasteiger partial charge >= 0.3 is 0 Å². The highest BCUT2D eigenvalue weighted by atomic mass is 32.2. The van der Waals surface area contributed by atoms with Gasteiger partial charge in [0.15, 0.2) is 11.5 Å². The van der Waals surface area contributed by atoms with E-state index in [2.05, 4.69) is 27.2 Å². The first-order valence-corrected chi connectivity index (χ1v) is 6.84. The topological polar surface area (TPSA) is 159 Å². The van der Waals surface area contributed by atoms with Crippen molar-refractivity contribution in [1.82, 2.24) is 9.97 Å². The molecule has 2 heterocycles. The van der Waals surface area contributed by atoms with Crippen molar-refractivity contribution < 1.29 is 13.3 Å². The molecule has 1 saturated carbocycles. The molecule has 0 amide bonds. The summed E-state index contributed by atoms with van der Waals surface area (Å²) in [6.07, 6.45) is 3.04. The number of hydrogen-bond donors (Lipinski definition) is 3. The largest absolute Gasteiger partial charge is 0.784 e. The second-order valence-electron chi connectivity index (χ2n) is 4.72. The second-order valence-corrected chi connectivity index (χ2v) is 5.13. The fourth-order valence-corrected chi connectivity index (χ4v) is 2.42. The minimum atomic E-state index is -3.11. The van der Waals surface area contributed by atoms with Gasteiger partial charge in [-0.1, -0.05) is 0 Å². The normalized spacial score (nSPS) is 23.1. The molecule has 1 fully saturated rings. The molecular weight excluding hydrogens is 286 g/mol. The summed E-state index contributed by atoms with van der Waals surface area (Å²) in [6, 6.07) is 0. The zero-order chi connectivity index (χ0) is 14.9. The number of nitrogens with one attached hydrogen (secondary N) is 2. The molecule has 0 aromatic carbocycles. The molecule has 0 bridgehead atoms. The third-order valence-corrected chi connectivity index (χ3v) is 3.28. The van der Waals surface area contributed by atoms with E-state index in [1.165, 1.54) is 0 Å². The lowest BCUT2D eigenvalue weighted by Crippen LogP contribution is -2.42. The molecule has 2 aliphatic rings. The molecule has 9 nitrogen and oxygen atoms in total. The number of nitrogen functional groups attached to an aromatic ring is 1. The average molecular weight is 299 g/mol. The van der Waals surface area contributed by atoms with Crippen LogP contribution < -0.4 is 16.6 Å². The Bertz CT molecular complexity index is 639. The van der Waals surface area contributed by atoms with Crippen molar-refractivity contribution in [3.63, 3.8) is 0 Å². The van der Waals surface area contributed by atoms with Gasteiger partial charge in [-0.25, -0.2) is 4.99 Å².